The van der Waals surface area contributed by atoms with Crippen LogP contribution in [0.15, 0.2) is 0 Å². The number of hydrogen-bond donors (Lipinski definition) is 0. The molecular formula is C15H24N2O3. The van der Waals surface area contributed by atoms with Gasteiger partial charge in [0.05, 0.1) is 6.07 Å². The summed E-state index contributed by atoms with van der Waals surface area (Å²) < 4.78 is 10.7. The van der Waals surface area contributed by atoms with E-state index in [0.29, 0.717) is 25.9 Å². The van der Waals surface area contributed by atoms with Crippen molar-refractivity contribution < 1.29 is 14.3 Å². The van der Waals surface area contributed by atoms with Gasteiger partial charge in [-0.2, -0.15) is 5.26 Å². The molecule has 1 amide bonds. The maximum absolute atomic E-state index is 12.8. The second-order valence-corrected chi connectivity index (χ2v) is 5.87. The molecule has 2 rings (SSSR count). The van der Waals surface area contributed by atoms with Crippen molar-refractivity contribution in [3.8, 4) is 6.07 Å². The number of rotatable bonds is 3. The van der Waals surface area contributed by atoms with Gasteiger partial charge in [-0.1, -0.05) is 25.7 Å². The summed E-state index contributed by atoms with van der Waals surface area (Å²) in [5.74, 6) is -0.0245. The minimum Gasteiger partial charge on any atom is -0.377 e. The third-order valence-corrected chi connectivity index (χ3v) is 4.69. The Bertz CT molecular complexity index is 371. The maximum Gasteiger partial charge on any atom is 0.243 e. The first kappa shape index (κ1) is 15.3. The summed E-state index contributed by atoms with van der Waals surface area (Å²) in [5.41, 5.74) is -0.822. The summed E-state index contributed by atoms with van der Waals surface area (Å²) >= 11 is 0. The van der Waals surface area contributed by atoms with E-state index in [1.165, 1.54) is 0 Å². The van der Waals surface area contributed by atoms with Gasteiger partial charge in [-0.25, -0.2) is 0 Å². The van der Waals surface area contributed by atoms with Gasteiger partial charge in [0.25, 0.3) is 0 Å². The highest BCUT2D eigenvalue weighted by atomic mass is 16.5. The zero-order valence-corrected chi connectivity index (χ0v) is 12.4. The highest BCUT2D eigenvalue weighted by Crippen LogP contribution is 2.37. The van der Waals surface area contributed by atoms with Gasteiger partial charge >= 0.3 is 0 Å². The Morgan fingerprint density at radius 2 is 1.60 bits per heavy atom. The molecule has 20 heavy (non-hydrogen) atoms. The molecule has 5 heteroatoms. The van der Waals surface area contributed by atoms with Crippen molar-refractivity contribution in [3.05, 3.63) is 0 Å². The molecule has 1 saturated heterocycles. The third kappa shape index (κ3) is 2.82. The first-order valence-electron chi connectivity index (χ1n) is 7.43. The van der Waals surface area contributed by atoms with Crippen molar-refractivity contribution in [1.82, 2.24) is 4.90 Å². The van der Waals surface area contributed by atoms with Gasteiger partial charge in [0, 0.05) is 27.3 Å². The predicted octanol–water partition coefficient (Wildman–Crippen LogP) is 1.72. The minimum atomic E-state index is -0.822. The number of ether oxygens (including phenoxy) is 2. The molecule has 0 spiro atoms. The van der Waals surface area contributed by atoms with E-state index in [2.05, 4.69) is 6.07 Å². The van der Waals surface area contributed by atoms with Crippen molar-refractivity contribution in [2.24, 2.45) is 5.41 Å². The van der Waals surface area contributed by atoms with Crippen LogP contribution in [0, 0.1) is 16.7 Å². The van der Waals surface area contributed by atoms with Gasteiger partial charge in [0.15, 0.2) is 0 Å². The van der Waals surface area contributed by atoms with E-state index in [9.17, 15) is 10.1 Å². The Hall–Kier alpha value is -1.12. The number of methoxy groups -OCH3 is 2. The van der Waals surface area contributed by atoms with Gasteiger partial charge in [-0.15, -0.1) is 0 Å². The van der Waals surface area contributed by atoms with E-state index in [1.807, 2.05) is 0 Å². The lowest BCUT2D eigenvalue weighted by atomic mass is 9.80. The largest absolute Gasteiger partial charge is 0.377 e. The van der Waals surface area contributed by atoms with Crippen LogP contribution in [-0.4, -0.2) is 50.3 Å². The van der Waals surface area contributed by atoms with Gasteiger partial charge in [0.1, 0.15) is 17.6 Å². The van der Waals surface area contributed by atoms with E-state index < -0.39 is 5.41 Å². The molecule has 1 aliphatic carbocycles. The highest BCUT2D eigenvalue weighted by molar-refractivity contribution is 5.86. The van der Waals surface area contributed by atoms with Crippen molar-refractivity contribution in [1.29, 1.82) is 5.26 Å². The molecule has 2 aliphatic rings. The minimum absolute atomic E-state index is 0.0245. The van der Waals surface area contributed by atoms with Crippen molar-refractivity contribution >= 4 is 5.91 Å². The lowest BCUT2D eigenvalue weighted by Gasteiger charge is -2.29. The molecule has 2 unspecified atom stereocenters. The van der Waals surface area contributed by atoms with Gasteiger partial charge in [-0.05, 0) is 12.8 Å². The Kier molecular flexibility index (Phi) is 5.00. The fraction of sp³-hybridized carbons (Fsp3) is 0.867. The quantitative estimate of drug-likeness (QED) is 0.739. The zero-order chi connectivity index (χ0) is 14.6. The van der Waals surface area contributed by atoms with Gasteiger partial charge in [-0.3, -0.25) is 4.79 Å². The van der Waals surface area contributed by atoms with E-state index in [1.54, 1.807) is 19.1 Å². The maximum atomic E-state index is 12.8. The molecule has 2 fully saturated rings. The van der Waals surface area contributed by atoms with Crippen LogP contribution in [0.5, 0.6) is 0 Å². The van der Waals surface area contributed by atoms with Crippen molar-refractivity contribution in [2.75, 3.05) is 27.3 Å². The molecule has 1 heterocycles. The topological polar surface area (TPSA) is 62.6 Å². The standard InChI is InChI=1S/C15H24N2O3/c1-19-12-9-17(10-13(12)20-2)14(18)15(11-16)7-5-3-4-6-8-15/h12-13H,3-10H2,1-2H3. The van der Waals surface area contributed by atoms with Crippen LogP contribution >= 0.6 is 0 Å². The number of nitrogens with zero attached hydrogens (tertiary/aromatic N) is 2. The molecule has 0 radical (unpaired) electrons. The predicted molar refractivity (Wildman–Crippen MR) is 73.9 cm³/mol. The van der Waals surface area contributed by atoms with Crippen LogP contribution in [0.25, 0.3) is 0 Å². The smallest absolute Gasteiger partial charge is 0.243 e. The zero-order valence-electron chi connectivity index (χ0n) is 12.4. The molecule has 0 aromatic rings. The van der Waals surface area contributed by atoms with Crippen LogP contribution < -0.4 is 0 Å². The van der Waals surface area contributed by atoms with Crippen LogP contribution in [-0.2, 0) is 14.3 Å². The summed E-state index contributed by atoms with van der Waals surface area (Å²) in [6.07, 6.45) is 5.37. The lowest BCUT2D eigenvalue weighted by molar-refractivity contribution is -0.139. The number of likely N-dealkylation sites (tertiary alicyclic amines) is 1. The molecule has 5 nitrogen and oxygen atoms in total. The first-order valence-corrected chi connectivity index (χ1v) is 7.43. The van der Waals surface area contributed by atoms with Crippen molar-refractivity contribution in [3.63, 3.8) is 0 Å². The summed E-state index contributed by atoms with van der Waals surface area (Å²) in [6, 6.07) is 2.33. The highest BCUT2D eigenvalue weighted by Gasteiger charge is 2.45. The molecule has 0 N–H and O–H groups in total. The van der Waals surface area contributed by atoms with Crippen molar-refractivity contribution in [2.45, 2.75) is 50.7 Å². The molecule has 112 valence electrons. The Morgan fingerprint density at radius 3 is 2.00 bits per heavy atom. The number of hydrogen-bond acceptors (Lipinski definition) is 4. The van der Waals surface area contributed by atoms with E-state index in [0.717, 1.165) is 25.7 Å². The summed E-state index contributed by atoms with van der Waals surface area (Å²) in [7, 11) is 3.27. The van der Waals surface area contributed by atoms with Crippen LogP contribution in [0.3, 0.4) is 0 Å². The van der Waals surface area contributed by atoms with E-state index >= 15 is 0 Å². The molecule has 0 bridgehead atoms. The molecule has 1 saturated carbocycles. The number of carbonyl (C=O) groups excluding carboxylic acids is 1. The molecular weight excluding hydrogens is 256 g/mol. The Morgan fingerprint density at radius 1 is 1.10 bits per heavy atom. The van der Waals surface area contributed by atoms with Crippen LogP contribution in [0.2, 0.25) is 0 Å². The van der Waals surface area contributed by atoms with E-state index in [4.69, 9.17) is 9.47 Å². The average Bonchev–Trinajstić information content (AvgIpc) is 2.75. The Labute approximate surface area is 120 Å². The summed E-state index contributed by atoms with van der Waals surface area (Å²) in [4.78, 5) is 14.6. The monoisotopic (exact) mass is 280 g/mol. The van der Waals surface area contributed by atoms with Crippen LogP contribution in [0.1, 0.15) is 38.5 Å². The second kappa shape index (κ2) is 6.55. The summed E-state index contributed by atoms with van der Waals surface area (Å²) in [5, 5.41) is 9.58. The normalized spacial score (nSPS) is 29.8. The number of carbonyl (C=O) groups is 1. The molecule has 1 aliphatic heterocycles. The second-order valence-electron chi connectivity index (χ2n) is 5.87. The lowest BCUT2D eigenvalue weighted by Crippen LogP contribution is -2.42. The fourth-order valence-corrected chi connectivity index (χ4v) is 3.37. The first-order chi connectivity index (χ1) is 9.66. The fourth-order valence-electron chi connectivity index (χ4n) is 3.37. The van der Waals surface area contributed by atoms with Gasteiger partial charge < -0.3 is 14.4 Å². The molecule has 0 aromatic heterocycles. The van der Waals surface area contributed by atoms with E-state index in [-0.39, 0.29) is 18.1 Å². The van der Waals surface area contributed by atoms with Gasteiger partial charge in [0.2, 0.25) is 5.91 Å². The summed E-state index contributed by atoms with van der Waals surface area (Å²) in [6.45, 7) is 1.05. The Balaban J connectivity index is 2.11. The number of nitriles is 1. The third-order valence-electron chi connectivity index (χ3n) is 4.69. The molecule has 2 atom stereocenters. The molecule has 0 aromatic carbocycles. The van der Waals surface area contributed by atoms with Crippen LogP contribution in [0.4, 0.5) is 0 Å². The number of amides is 1. The SMILES string of the molecule is COC1CN(C(=O)C2(C#N)CCCCCC2)CC1OC. The average molecular weight is 280 g/mol.